The van der Waals surface area contributed by atoms with Gasteiger partial charge < -0.3 is 10.5 Å². The van der Waals surface area contributed by atoms with Gasteiger partial charge in [-0.2, -0.15) is 9.36 Å². The van der Waals surface area contributed by atoms with Crippen LogP contribution >= 0.6 is 11.5 Å². The van der Waals surface area contributed by atoms with Crippen molar-refractivity contribution in [3.05, 3.63) is 5.82 Å². The Balaban J connectivity index is 1.98. The van der Waals surface area contributed by atoms with Gasteiger partial charge in [-0.25, -0.2) is 0 Å². The summed E-state index contributed by atoms with van der Waals surface area (Å²) >= 11 is 1.34. The minimum atomic E-state index is 0.116. The van der Waals surface area contributed by atoms with Gasteiger partial charge in [0.1, 0.15) is 11.9 Å². The molecule has 1 aromatic rings. The van der Waals surface area contributed by atoms with E-state index in [1.54, 1.807) is 0 Å². The normalized spacial score (nSPS) is 25.9. The first kappa shape index (κ1) is 12.8. The average Bonchev–Trinajstić information content (AvgIpc) is 2.66. The Kier molecular flexibility index (Phi) is 4.34. The maximum Gasteiger partial charge on any atom is 0.293 e. The zero-order chi connectivity index (χ0) is 12.3. The summed E-state index contributed by atoms with van der Waals surface area (Å²) in [6.45, 7) is 4.17. The van der Waals surface area contributed by atoms with Crippen LogP contribution in [0.15, 0.2) is 0 Å². The predicted molar refractivity (Wildman–Crippen MR) is 69.5 cm³/mol. The van der Waals surface area contributed by atoms with Gasteiger partial charge in [-0.05, 0) is 19.3 Å². The fourth-order valence-corrected chi connectivity index (χ4v) is 2.80. The highest BCUT2D eigenvalue weighted by molar-refractivity contribution is 7.07. The van der Waals surface area contributed by atoms with Crippen molar-refractivity contribution in [1.29, 1.82) is 0 Å². The van der Waals surface area contributed by atoms with Gasteiger partial charge in [0.05, 0.1) is 0 Å². The van der Waals surface area contributed by atoms with Crippen molar-refractivity contribution in [3.63, 3.8) is 0 Å². The van der Waals surface area contributed by atoms with Crippen molar-refractivity contribution in [2.45, 2.75) is 64.0 Å². The van der Waals surface area contributed by atoms with Crippen molar-refractivity contribution < 1.29 is 4.74 Å². The van der Waals surface area contributed by atoms with Crippen LogP contribution in [0.3, 0.4) is 0 Å². The van der Waals surface area contributed by atoms with Crippen LogP contribution in [-0.2, 0) is 0 Å². The maximum absolute atomic E-state index is 6.12. The number of rotatable bonds is 3. The number of nitrogens with zero attached hydrogens (tertiary/aromatic N) is 2. The summed E-state index contributed by atoms with van der Waals surface area (Å²) in [5.74, 6) is 1.22. The monoisotopic (exact) mass is 255 g/mol. The SMILES string of the molecule is CC(C)c1nsc(OC2CCCCCC2N)n1. The van der Waals surface area contributed by atoms with E-state index in [1.165, 1.54) is 30.8 Å². The molecule has 5 heteroatoms. The van der Waals surface area contributed by atoms with E-state index in [-0.39, 0.29) is 12.1 Å². The van der Waals surface area contributed by atoms with Gasteiger partial charge in [0.15, 0.2) is 0 Å². The second-order valence-electron chi connectivity index (χ2n) is 5.03. The van der Waals surface area contributed by atoms with Crippen LogP contribution in [0.4, 0.5) is 0 Å². The molecule has 2 rings (SSSR count). The molecule has 0 saturated heterocycles. The minimum absolute atomic E-state index is 0.116. The van der Waals surface area contributed by atoms with Gasteiger partial charge in [-0.3, -0.25) is 0 Å². The molecule has 0 spiro atoms. The third-order valence-electron chi connectivity index (χ3n) is 3.20. The van der Waals surface area contributed by atoms with Crippen molar-refractivity contribution in [1.82, 2.24) is 9.36 Å². The molecular formula is C12H21N3OS. The molecule has 1 aromatic heterocycles. The lowest BCUT2D eigenvalue weighted by Crippen LogP contribution is -2.37. The lowest BCUT2D eigenvalue weighted by molar-refractivity contribution is 0.162. The predicted octanol–water partition coefficient (Wildman–Crippen LogP) is 2.70. The Bertz CT molecular complexity index is 353. The van der Waals surface area contributed by atoms with Gasteiger partial charge in [-0.15, -0.1) is 0 Å². The lowest BCUT2D eigenvalue weighted by atomic mass is 10.1. The standard InChI is InChI=1S/C12H21N3OS/c1-8(2)11-14-12(17-15-11)16-10-7-5-3-4-6-9(10)13/h8-10H,3-7,13H2,1-2H3. The first-order valence-electron chi connectivity index (χ1n) is 6.42. The van der Waals surface area contributed by atoms with Crippen LogP contribution < -0.4 is 10.5 Å². The fraction of sp³-hybridized carbons (Fsp3) is 0.833. The molecule has 4 nitrogen and oxygen atoms in total. The Labute approximate surface area is 107 Å². The molecular weight excluding hydrogens is 234 g/mol. The van der Waals surface area contributed by atoms with Crippen LogP contribution in [0, 0.1) is 0 Å². The van der Waals surface area contributed by atoms with E-state index in [0.717, 1.165) is 18.7 Å². The van der Waals surface area contributed by atoms with Crippen molar-refractivity contribution >= 4 is 11.5 Å². The largest absolute Gasteiger partial charge is 0.464 e. The Hall–Kier alpha value is -0.680. The Morgan fingerprint density at radius 2 is 2.06 bits per heavy atom. The van der Waals surface area contributed by atoms with Gasteiger partial charge in [0, 0.05) is 23.5 Å². The average molecular weight is 255 g/mol. The molecule has 2 N–H and O–H groups in total. The fourth-order valence-electron chi connectivity index (χ4n) is 2.08. The summed E-state index contributed by atoms with van der Waals surface area (Å²) in [5, 5.41) is 0.677. The summed E-state index contributed by atoms with van der Waals surface area (Å²) in [7, 11) is 0. The topological polar surface area (TPSA) is 61.0 Å². The molecule has 17 heavy (non-hydrogen) atoms. The third-order valence-corrected chi connectivity index (χ3v) is 3.82. The summed E-state index contributed by atoms with van der Waals surface area (Å²) in [6.07, 6.45) is 5.90. The highest BCUT2D eigenvalue weighted by atomic mass is 32.1. The molecule has 0 amide bonds. The van der Waals surface area contributed by atoms with Crippen molar-refractivity contribution in [2.24, 2.45) is 5.73 Å². The van der Waals surface area contributed by atoms with E-state index in [0.29, 0.717) is 11.1 Å². The third kappa shape index (κ3) is 3.39. The summed E-state index contributed by atoms with van der Waals surface area (Å²) in [5.41, 5.74) is 6.12. The molecule has 0 radical (unpaired) electrons. The van der Waals surface area contributed by atoms with E-state index in [1.807, 2.05) is 0 Å². The highest BCUT2D eigenvalue weighted by Crippen LogP contribution is 2.25. The van der Waals surface area contributed by atoms with E-state index in [9.17, 15) is 0 Å². The van der Waals surface area contributed by atoms with Gasteiger partial charge in [-0.1, -0.05) is 26.7 Å². The molecule has 2 unspecified atom stereocenters. The van der Waals surface area contributed by atoms with Gasteiger partial charge >= 0.3 is 0 Å². The Morgan fingerprint density at radius 1 is 1.29 bits per heavy atom. The molecule has 0 bridgehead atoms. The maximum atomic E-state index is 6.12. The molecule has 0 aliphatic heterocycles. The smallest absolute Gasteiger partial charge is 0.293 e. The summed E-state index contributed by atoms with van der Waals surface area (Å²) < 4.78 is 10.2. The zero-order valence-electron chi connectivity index (χ0n) is 10.6. The second-order valence-corrected chi connectivity index (χ2v) is 5.75. The number of nitrogens with two attached hydrogens (primary N) is 1. The van der Waals surface area contributed by atoms with Gasteiger partial charge in [0.25, 0.3) is 5.19 Å². The molecule has 1 saturated carbocycles. The molecule has 1 aliphatic carbocycles. The molecule has 1 heterocycles. The number of ether oxygens (including phenoxy) is 1. The van der Waals surface area contributed by atoms with E-state index >= 15 is 0 Å². The van der Waals surface area contributed by atoms with E-state index < -0.39 is 0 Å². The first-order valence-corrected chi connectivity index (χ1v) is 7.20. The second kappa shape index (κ2) is 5.78. The van der Waals surface area contributed by atoms with Crippen LogP contribution in [0.1, 0.15) is 57.7 Å². The van der Waals surface area contributed by atoms with E-state index in [4.69, 9.17) is 10.5 Å². The van der Waals surface area contributed by atoms with E-state index in [2.05, 4.69) is 23.2 Å². The molecule has 1 aliphatic rings. The van der Waals surface area contributed by atoms with Crippen LogP contribution in [0.5, 0.6) is 5.19 Å². The van der Waals surface area contributed by atoms with Crippen LogP contribution in [0.25, 0.3) is 0 Å². The number of aromatic nitrogens is 2. The quantitative estimate of drug-likeness (QED) is 0.844. The van der Waals surface area contributed by atoms with Gasteiger partial charge in [0.2, 0.25) is 0 Å². The van der Waals surface area contributed by atoms with Crippen molar-refractivity contribution in [2.75, 3.05) is 0 Å². The minimum Gasteiger partial charge on any atom is -0.464 e. The first-order chi connectivity index (χ1) is 8.16. The lowest BCUT2D eigenvalue weighted by Gasteiger charge is -2.20. The number of hydrogen-bond acceptors (Lipinski definition) is 5. The number of hydrogen-bond donors (Lipinski definition) is 1. The zero-order valence-corrected chi connectivity index (χ0v) is 11.4. The molecule has 2 atom stereocenters. The Morgan fingerprint density at radius 3 is 2.76 bits per heavy atom. The molecule has 96 valence electrons. The van der Waals surface area contributed by atoms with Crippen LogP contribution in [-0.4, -0.2) is 21.5 Å². The summed E-state index contributed by atoms with van der Waals surface area (Å²) in [6, 6.07) is 0.142. The molecule has 0 aromatic carbocycles. The summed E-state index contributed by atoms with van der Waals surface area (Å²) in [4.78, 5) is 4.40. The van der Waals surface area contributed by atoms with Crippen LogP contribution in [0.2, 0.25) is 0 Å². The van der Waals surface area contributed by atoms with Crippen molar-refractivity contribution in [3.8, 4) is 5.19 Å². The molecule has 1 fully saturated rings. The highest BCUT2D eigenvalue weighted by Gasteiger charge is 2.23.